The van der Waals surface area contributed by atoms with Gasteiger partial charge < -0.3 is 0 Å². The second kappa shape index (κ2) is 6.83. The van der Waals surface area contributed by atoms with E-state index in [0.717, 1.165) is 43.7 Å². The highest BCUT2D eigenvalue weighted by Gasteiger charge is 2.22. The van der Waals surface area contributed by atoms with Gasteiger partial charge in [0.1, 0.15) is 5.69 Å². The van der Waals surface area contributed by atoms with Gasteiger partial charge in [0.2, 0.25) is 0 Å². The fraction of sp³-hybridized carbons (Fsp3) is 0.389. The largest absolute Gasteiger partial charge is 0.298 e. The van der Waals surface area contributed by atoms with Crippen molar-refractivity contribution >= 4 is 11.3 Å². The van der Waals surface area contributed by atoms with Gasteiger partial charge in [-0.2, -0.15) is 0 Å². The highest BCUT2D eigenvalue weighted by Crippen LogP contribution is 2.26. The monoisotopic (exact) mass is 339 g/mol. The molecule has 0 amide bonds. The molecule has 1 aliphatic heterocycles. The Kier molecular flexibility index (Phi) is 4.40. The van der Waals surface area contributed by atoms with Crippen LogP contribution in [0.5, 0.6) is 0 Å². The summed E-state index contributed by atoms with van der Waals surface area (Å²) in [7, 11) is 0. The molecule has 5 nitrogen and oxygen atoms in total. The second-order valence-electron chi connectivity index (χ2n) is 6.35. The lowest BCUT2D eigenvalue weighted by Gasteiger charge is -2.31. The van der Waals surface area contributed by atoms with Crippen LogP contribution in [-0.4, -0.2) is 38.0 Å². The van der Waals surface area contributed by atoms with E-state index in [9.17, 15) is 0 Å². The molecular weight excluding hydrogens is 318 g/mol. The first-order valence-corrected chi connectivity index (χ1v) is 9.19. The van der Waals surface area contributed by atoms with Gasteiger partial charge in [-0.05, 0) is 44.0 Å². The van der Waals surface area contributed by atoms with Crippen molar-refractivity contribution in [3.05, 3.63) is 52.6 Å². The molecule has 0 unspecified atom stereocenters. The van der Waals surface area contributed by atoms with E-state index < -0.39 is 0 Å². The minimum absolute atomic E-state index is 0.448. The van der Waals surface area contributed by atoms with Gasteiger partial charge in [0.25, 0.3) is 0 Å². The Hall–Kier alpha value is -2.05. The van der Waals surface area contributed by atoms with Crippen molar-refractivity contribution in [1.82, 2.24) is 24.9 Å². The fourth-order valence-electron chi connectivity index (χ4n) is 3.23. The highest BCUT2D eigenvalue weighted by atomic mass is 32.1. The quantitative estimate of drug-likeness (QED) is 0.729. The number of aryl methyl sites for hydroxylation is 1. The van der Waals surface area contributed by atoms with Gasteiger partial charge >= 0.3 is 0 Å². The second-order valence-corrected chi connectivity index (χ2v) is 7.72. The number of pyridine rings is 1. The zero-order chi connectivity index (χ0) is 16.4. The maximum absolute atomic E-state index is 4.35. The number of hydrogen-bond acceptors (Lipinski definition) is 5. The molecule has 0 bridgehead atoms. The summed E-state index contributed by atoms with van der Waals surface area (Å²) in [6, 6.07) is 8.86. The third kappa shape index (κ3) is 3.39. The molecule has 4 heterocycles. The van der Waals surface area contributed by atoms with Gasteiger partial charge in [-0.3, -0.25) is 9.88 Å². The van der Waals surface area contributed by atoms with Crippen molar-refractivity contribution in [3.63, 3.8) is 0 Å². The molecule has 3 aromatic rings. The van der Waals surface area contributed by atoms with Crippen LogP contribution in [0.1, 0.15) is 28.6 Å². The van der Waals surface area contributed by atoms with E-state index >= 15 is 0 Å². The summed E-state index contributed by atoms with van der Waals surface area (Å²) in [6.45, 7) is 5.47. The van der Waals surface area contributed by atoms with Crippen molar-refractivity contribution in [2.24, 2.45) is 0 Å². The minimum atomic E-state index is 0.448. The number of rotatable bonds is 4. The molecule has 124 valence electrons. The maximum Gasteiger partial charge on any atom is 0.114 e. The minimum Gasteiger partial charge on any atom is -0.298 e. The lowest BCUT2D eigenvalue weighted by atomic mass is 10.1. The van der Waals surface area contributed by atoms with E-state index in [0.29, 0.717) is 6.04 Å². The average Bonchev–Trinajstić information content (AvgIpc) is 3.26. The first kappa shape index (κ1) is 15.5. The highest BCUT2D eigenvalue weighted by molar-refractivity contribution is 7.11. The molecular formula is C18H21N5S. The van der Waals surface area contributed by atoms with Crippen molar-refractivity contribution < 1.29 is 0 Å². The van der Waals surface area contributed by atoms with E-state index in [4.69, 9.17) is 0 Å². The van der Waals surface area contributed by atoms with Crippen LogP contribution in [0.3, 0.4) is 0 Å². The van der Waals surface area contributed by atoms with Gasteiger partial charge in [0.05, 0.1) is 12.2 Å². The maximum atomic E-state index is 4.35. The molecule has 0 atom stereocenters. The Balaban J connectivity index is 1.37. The van der Waals surface area contributed by atoms with Crippen molar-refractivity contribution in [2.45, 2.75) is 32.4 Å². The molecule has 1 aliphatic rings. The van der Waals surface area contributed by atoms with E-state index in [-0.39, 0.29) is 0 Å². The summed E-state index contributed by atoms with van der Waals surface area (Å²) in [5, 5.41) is 8.66. The van der Waals surface area contributed by atoms with Crippen LogP contribution in [0, 0.1) is 6.92 Å². The normalized spacial score (nSPS) is 16.5. The van der Waals surface area contributed by atoms with Crippen molar-refractivity contribution in [2.75, 3.05) is 13.1 Å². The van der Waals surface area contributed by atoms with Crippen LogP contribution in [-0.2, 0) is 6.54 Å². The third-order valence-electron chi connectivity index (χ3n) is 4.57. The average molecular weight is 339 g/mol. The Morgan fingerprint density at radius 2 is 2.08 bits per heavy atom. The molecule has 0 aliphatic carbocycles. The zero-order valence-corrected chi connectivity index (χ0v) is 14.6. The summed E-state index contributed by atoms with van der Waals surface area (Å²) in [6.07, 6.45) is 7.92. The van der Waals surface area contributed by atoms with Crippen LogP contribution >= 0.6 is 11.3 Å². The first-order chi connectivity index (χ1) is 11.8. The molecule has 3 aromatic heterocycles. The van der Waals surface area contributed by atoms with Crippen LogP contribution in [0.2, 0.25) is 0 Å². The van der Waals surface area contributed by atoms with Gasteiger partial charge in [-0.1, -0.05) is 5.21 Å². The summed E-state index contributed by atoms with van der Waals surface area (Å²) in [4.78, 5) is 9.55. The molecule has 4 rings (SSSR count). The van der Waals surface area contributed by atoms with E-state index in [2.05, 4.69) is 45.4 Å². The summed E-state index contributed by atoms with van der Waals surface area (Å²) < 4.78 is 2.04. The van der Waals surface area contributed by atoms with Gasteiger partial charge in [-0.25, -0.2) is 4.68 Å². The standard InChI is InChI=1S/C18H21N5S/c1-14-4-5-17(24-14)12-22-9-6-16(7-10-22)23-13-18(20-21-23)15-3-2-8-19-11-15/h2-5,8,11,13,16H,6-7,9-10,12H2,1H3. The third-order valence-corrected chi connectivity index (χ3v) is 5.56. The Morgan fingerprint density at radius 1 is 1.21 bits per heavy atom. The molecule has 0 spiro atoms. The lowest BCUT2D eigenvalue weighted by Crippen LogP contribution is -2.34. The predicted molar refractivity (Wildman–Crippen MR) is 95.9 cm³/mol. The molecule has 1 fully saturated rings. The van der Waals surface area contributed by atoms with Crippen molar-refractivity contribution in [3.8, 4) is 11.3 Å². The summed E-state index contributed by atoms with van der Waals surface area (Å²) in [5.74, 6) is 0. The van der Waals surface area contributed by atoms with Gasteiger partial charge in [-0.15, -0.1) is 16.4 Å². The first-order valence-electron chi connectivity index (χ1n) is 8.38. The smallest absolute Gasteiger partial charge is 0.114 e. The number of likely N-dealkylation sites (tertiary alicyclic amines) is 1. The Morgan fingerprint density at radius 3 is 2.79 bits per heavy atom. The number of piperidine rings is 1. The molecule has 0 saturated carbocycles. The predicted octanol–water partition coefficient (Wildman–Crippen LogP) is 3.55. The fourth-order valence-corrected chi connectivity index (χ4v) is 4.17. The zero-order valence-electron chi connectivity index (χ0n) is 13.8. The van der Waals surface area contributed by atoms with Crippen molar-refractivity contribution in [1.29, 1.82) is 0 Å². The number of nitrogens with zero attached hydrogens (tertiary/aromatic N) is 5. The number of aromatic nitrogens is 4. The summed E-state index contributed by atoms with van der Waals surface area (Å²) in [5.41, 5.74) is 1.92. The SMILES string of the molecule is Cc1ccc(CN2CCC(n3cc(-c4cccnc4)nn3)CC2)s1. The van der Waals surface area contributed by atoms with E-state index in [1.807, 2.05) is 34.3 Å². The van der Waals surface area contributed by atoms with Crippen LogP contribution in [0.15, 0.2) is 42.9 Å². The van der Waals surface area contributed by atoms with Crippen LogP contribution in [0.25, 0.3) is 11.3 Å². The van der Waals surface area contributed by atoms with E-state index in [1.165, 1.54) is 9.75 Å². The van der Waals surface area contributed by atoms with Gasteiger partial charge in [0, 0.05) is 47.3 Å². The van der Waals surface area contributed by atoms with Crippen LogP contribution in [0.4, 0.5) is 0 Å². The molecule has 6 heteroatoms. The Labute approximate surface area is 146 Å². The topological polar surface area (TPSA) is 46.8 Å². The van der Waals surface area contributed by atoms with Gasteiger partial charge in [0.15, 0.2) is 0 Å². The molecule has 0 N–H and O–H groups in total. The number of hydrogen-bond donors (Lipinski definition) is 0. The Bertz CT molecular complexity index is 787. The summed E-state index contributed by atoms with van der Waals surface area (Å²) >= 11 is 1.90. The molecule has 0 aromatic carbocycles. The molecule has 24 heavy (non-hydrogen) atoms. The number of thiophene rings is 1. The molecule has 0 radical (unpaired) electrons. The van der Waals surface area contributed by atoms with Crippen LogP contribution < -0.4 is 0 Å². The lowest BCUT2D eigenvalue weighted by molar-refractivity contribution is 0.173. The molecule has 1 saturated heterocycles. The van der Waals surface area contributed by atoms with E-state index in [1.54, 1.807) is 6.20 Å².